The third-order valence-corrected chi connectivity index (χ3v) is 6.08. The van der Waals surface area contributed by atoms with Gasteiger partial charge in [-0.15, -0.1) is 0 Å². The molecule has 6 nitrogen and oxygen atoms in total. The monoisotopic (exact) mass is 357 g/mol. The second-order valence-corrected chi connectivity index (χ2v) is 7.84. The third kappa shape index (κ3) is 2.82. The summed E-state index contributed by atoms with van der Waals surface area (Å²) in [4.78, 5) is 28.4. The van der Waals surface area contributed by atoms with Gasteiger partial charge in [-0.3, -0.25) is 14.6 Å². The molecule has 0 bridgehead atoms. The normalized spacial score (nSPS) is 20.4. The maximum absolute atomic E-state index is 12.7. The summed E-state index contributed by atoms with van der Waals surface area (Å²) in [5, 5.41) is 12.8. The molecule has 1 saturated carbocycles. The van der Waals surface area contributed by atoms with Gasteiger partial charge in [-0.05, 0) is 37.5 Å². The lowest BCUT2D eigenvalue weighted by Crippen LogP contribution is -2.13. The predicted molar refractivity (Wildman–Crippen MR) is 98.2 cm³/mol. The average Bonchev–Trinajstić information content (AvgIpc) is 3.22. The van der Waals surface area contributed by atoms with E-state index >= 15 is 0 Å². The van der Waals surface area contributed by atoms with Crippen LogP contribution >= 0.6 is 11.8 Å². The maximum atomic E-state index is 12.7. The molecule has 1 aromatic heterocycles. The van der Waals surface area contributed by atoms with Crippen LogP contribution in [0.5, 0.6) is 0 Å². The number of aromatic amines is 1. The van der Waals surface area contributed by atoms with Gasteiger partial charge >= 0.3 is 5.97 Å². The molecular weight excluding hydrogens is 338 g/mol. The van der Waals surface area contributed by atoms with E-state index in [1.54, 1.807) is 24.3 Å². The third-order valence-electron chi connectivity index (χ3n) is 4.90. The van der Waals surface area contributed by atoms with Gasteiger partial charge in [-0.1, -0.05) is 36.7 Å². The van der Waals surface area contributed by atoms with E-state index in [4.69, 9.17) is 5.11 Å². The summed E-state index contributed by atoms with van der Waals surface area (Å²) in [6.45, 7) is 1.95. The van der Waals surface area contributed by atoms with Crippen LogP contribution in [-0.2, 0) is 0 Å². The van der Waals surface area contributed by atoms with Crippen LogP contribution in [0.4, 0.5) is 5.82 Å². The van der Waals surface area contributed by atoms with E-state index < -0.39 is 5.97 Å². The van der Waals surface area contributed by atoms with Crippen molar-refractivity contribution in [2.75, 3.05) is 0 Å². The number of nitrogens with zero attached hydrogens (tertiary/aromatic N) is 2. The highest BCUT2D eigenvalue weighted by molar-refractivity contribution is 8.14. The molecule has 0 radical (unpaired) electrons. The molecule has 1 fully saturated rings. The Morgan fingerprint density at radius 3 is 2.60 bits per heavy atom. The Morgan fingerprint density at radius 2 is 1.96 bits per heavy atom. The first-order valence-corrected chi connectivity index (χ1v) is 9.32. The summed E-state index contributed by atoms with van der Waals surface area (Å²) in [5.41, 5.74) is 1.73. The molecule has 7 heteroatoms. The molecule has 2 aromatic rings. The van der Waals surface area contributed by atoms with E-state index in [2.05, 4.69) is 10.1 Å². The quantitative estimate of drug-likeness (QED) is 0.873. The van der Waals surface area contributed by atoms with E-state index in [9.17, 15) is 9.59 Å². The fourth-order valence-corrected chi connectivity index (χ4v) is 4.77. The highest BCUT2D eigenvalue weighted by Crippen LogP contribution is 2.45. The fraction of sp³-hybridized carbons (Fsp3) is 0.389. The smallest absolute Gasteiger partial charge is 0.335 e. The highest BCUT2D eigenvalue weighted by atomic mass is 32.2. The van der Waals surface area contributed by atoms with E-state index in [0.29, 0.717) is 11.6 Å². The van der Waals surface area contributed by atoms with Crippen molar-refractivity contribution < 1.29 is 9.90 Å². The Bertz CT molecular complexity index is 905. The van der Waals surface area contributed by atoms with E-state index in [1.165, 1.54) is 24.6 Å². The summed E-state index contributed by atoms with van der Waals surface area (Å²) >= 11 is 1.54. The highest BCUT2D eigenvalue weighted by Gasteiger charge is 2.32. The van der Waals surface area contributed by atoms with Crippen molar-refractivity contribution >= 4 is 28.6 Å². The zero-order valence-electron chi connectivity index (χ0n) is 13.9. The number of aromatic nitrogens is 2. The summed E-state index contributed by atoms with van der Waals surface area (Å²) in [5.74, 6) is -0.216. The van der Waals surface area contributed by atoms with Crippen LogP contribution < -0.4 is 5.56 Å². The Balaban J connectivity index is 1.79. The first-order chi connectivity index (χ1) is 12.0. The summed E-state index contributed by atoms with van der Waals surface area (Å²) < 4.78 is 1.95. The van der Waals surface area contributed by atoms with Crippen LogP contribution in [-0.4, -0.2) is 25.9 Å². The van der Waals surface area contributed by atoms with Gasteiger partial charge < -0.3 is 5.11 Å². The SMILES string of the molecule is CC1=Nc2c(c(=O)[nH]n2C2CCCC2)[C@H](c2ccc(C(=O)O)cc2)S1. The number of hydrogen-bond acceptors (Lipinski definition) is 4. The predicted octanol–water partition coefficient (Wildman–Crippen LogP) is 3.88. The van der Waals surface area contributed by atoms with Gasteiger partial charge in [0.05, 0.1) is 27.5 Å². The van der Waals surface area contributed by atoms with Gasteiger partial charge in [0.1, 0.15) is 0 Å². The van der Waals surface area contributed by atoms with E-state index in [-0.39, 0.29) is 16.4 Å². The molecule has 0 saturated heterocycles. The largest absolute Gasteiger partial charge is 0.478 e. The molecule has 1 aliphatic carbocycles. The molecule has 2 N–H and O–H groups in total. The molecule has 0 unspecified atom stereocenters. The second kappa shape index (κ2) is 6.22. The van der Waals surface area contributed by atoms with Crippen molar-refractivity contribution in [2.24, 2.45) is 4.99 Å². The van der Waals surface area contributed by atoms with Gasteiger partial charge in [0.15, 0.2) is 5.82 Å². The average molecular weight is 357 g/mol. The fourth-order valence-electron chi connectivity index (χ4n) is 3.67. The molecule has 1 aliphatic heterocycles. The number of aliphatic imine (C=N–C) groups is 1. The molecular formula is C18H19N3O3S. The van der Waals surface area contributed by atoms with Gasteiger partial charge in [0.2, 0.25) is 0 Å². The molecule has 1 aromatic carbocycles. The van der Waals surface area contributed by atoms with Crippen molar-refractivity contribution in [2.45, 2.75) is 43.9 Å². The van der Waals surface area contributed by atoms with Gasteiger partial charge in [0.25, 0.3) is 5.56 Å². The van der Waals surface area contributed by atoms with Gasteiger partial charge in [0, 0.05) is 0 Å². The van der Waals surface area contributed by atoms with Gasteiger partial charge in [-0.25, -0.2) is 9.79 Å². The second-order valence-electron chi connectivity index (χ2n) is 6.54. The van der Waals surface area contributed by atoms with Crippen LogP contribution in [0.2, 0.25) is 0 Å². The minimum atomic E-state index is -0.952. The van der Waals surface area contributed by atoms with Crippen LogP contribution in [0, 0.1) is 0 Å². The zero-order valence-corrected chi connectivity index (χ0v) is 14.7. The number of carboxylic acids is 1. The lowest BCUT2D eigenvalue weighted by atomic mass is 10.0. The van der Waals surface area contributed by atoms with Crippen molar-refractivity contribution in [3.8, 4) is 0 Å². The van der Waals surface area contributed by atoms with Crippen LogP contribution in [0.15, 0.2) is 34.1 Å². The first-order valence-electron chi connectivity index (χ1n) is 8.44. The topological polar surface area (TPSA) is 87.5 Å². The van der Waals surface area contributed by atoms with Crippen molar-refractivity contribution in [3.63, 3.8) is 0 Å². The van der Waals surface area contributed by atoms with Crippen molar-refractivity contribution in [1.82, 2.24) is 9.78 Å². The zero-order chi connectivity index (χ0) is 17.6. The van der Waals surface area contributed by atoms with Crippen LogP contribution in [0.3, 0.4) is 0 Å². The standard InChI is InChI=1S/C18H19N3O3S/c1-10-19-16-14(17(22)20-21(16)13-4-2-3-5-13)15(25-10)11-6-8-12(9-7-11)18(23)24/h6-9,13,15H,2-5H2,1H3,(H,20,22)(H,23,24)/t15-/m0/s1. The number of nitrogens with one attached hydrogen (secondary N) is 1. The summed E-state index contributed by atoms with van der Waals surface area (Å²) in [6, 6.07) is 7.06. The first kappa shape index (κ1) is 16.2. The number of fused-ring (bicyclic) bond motifs is 1. The number of thioether (sulfide) groups is 1. The summed E-state index contributed by atoms with van der Waals surface area (Å²) in [7, 11) is 0. The Morgan fingerprint density at radius 1 is 1.28 bits per heavy atom. The number of carboxylic acid groups (broad SMARTS) is 1. The number of aromatic carboxylic acids is 1. The molecule has 1 atom stereocenters. The number of hydrogen-bond donors (Lipinski definition) is 2. The van der Waals surface area contributed by atoms with Gasteiger partial charge in [-0.2, -0.15) is 0 Å². The Kier molecular flexibility index (Phi) is 4.03. The minimum absolute atomic E-state index is 0.0991. The minimum Gasteiger partial charge on any atom is -0.478 e. The number of H-pyrrole nitrogens is 1. The Hall–Kier alpha value is -2.28. The molecule has 2 aliphatic rings. The van der Waals surface area contributed by atoms with Crippen molar-refractivity contribution in [1.29, 1.82) is 0 Å². The molecule has 25 heavy (non-hydrogen) atoms. The van der Waals surface area contributed by atoms with E-state index in [1.807, 2.05) is 11.6 Å². The van der Waals surface area contributed by atoms with E-state index in [0.717, 1.165) is 29.3 Å². The molecule has 0 spiro atoms. The summed E-state index contributed by atoms with van der Waals surface area (Å²) in [6.07, 6.45) is 4.49. The maximum Gasteiger partial charge on any atom is 0.335 e. The number of carbonyl (C=O) groups is 1. The van der Waals surface area contributed by atoms with Crippen LogP contribution in [0.1, 0.15) is 65.4 Å². The van der Waals surface area contributed by atoms with Crippen LogP contribution in [0.25, 0.3) is 0 Å². The van der Waals surface area contributed by atoms with Crippen molar-refractivity contribution in [3.05, 3.63) is 51.3 Å². The molecule has 0 amide bonds. The lowest BCUT2D eigenvalue weighted by Gasteiger charge is -2.22. The molecule has 130 valence electrons. The Labute approximate surface area is 149 Å². The number of rotatable bonds is 3. The molecule has 4 rings (SSSR count). The molecule has 2 heterocycles. The lowest BCUT2D eigenvalue weighted by molar-refractivity contribution is 0.0697. The number of benzene rings is 1.